The minimum Gasteiger partial charge on any atom is -0.484 e. The van der Waals surface area contributed by atoms with Crippen molar-refractivity contribution in [3.63, 3.8) is 0 Å². The Morgan fingerprint density at radius 1 is 1.44 bits per heavy atom. The van der Waals surface area contributed by atoms with Gasteiger partial charge in [0.2, 0.25) is 0 Å². The average Bonchev–Trinajstić information content (AvgIpc) is 3.11. The monoisotopic (exact) mass is 249 g/mol. The van der Waals surface area contributed by atoms with Crippen LogP contribution >= 0.6 is 0 Å². The van der Waals surface area contributed by atoms with E-state index in [0.717, 1.165) is 18.4 Å². The van der Waals surface area contributed by atoms with Crippen LogP contribution in [0.4, 0.5) is 0 Å². The summed E-state index contributed by atoms with van der Waals surface area (Å²) in [6, 6.07) is 7.82. The Labute approximate surface area is 107 Å². The lowest BCUT2D eigenvalue weighted by Gasteiger charge is -2.08. The van der Waals surface area contributed by atoms with Crippen molar-refractivity contribution in [1.82, 2.24) is 5.32 Å². The molecule has 18 heavy (non-hydrogen) atoms. The van der Waals surface area contributed by atoms with Crippen LogP contribution in [-0.4, -0.2) is 29.8 Å². The standard InChI is InChI=1S/C14H19NO3/c1-10(16)8-11-2-6-13(7-3-11)18-9-14(17)15-12-4-5-12/h2-3,6-7,10,12,16H,4-5,8-9H2,1H3,(H,15,17). The molecular formula is C14H19NO3. The summed E-state index contributed by atoms with van der Waals surface area (Å²) in [5.41, 5.74) is 1.06. The lowest BCUT2D eigenvalue weighted by atomic mass is 10.1. The number of carbonyl (C=O) groups is 1. The van der Waals surface area contributed by atoms with E-state index in [2.05, 4.69) is 5.32 Å². The van der Waals surface area contributed by atoms with Crippen LogP contribution in [-0.2, 0) is 11.2 Å². The van der Waals surface area contributed by atoms with Crippen molar-refractivity contribution in [2.45, 2.75) is 38.3 Å². The molecule has 0 saturated heterocycles. The fourth-order valence-electron chi connectivity index (χ4n) is 1.71. The molecule has 1 saturated carbocycles. The van der Waals surface area contributed by atoms with Gasteiger partial charge in [0.05, 0.1) is 6.10 Å². The zero-order chi connectivity index (χ0) is 13.0. The maximum Gasteiger partial charge on any atom is 0.258 e. The normalized spacial score (nSPS) is 16.1. The quantitative estimate of drug-likeness (QED) is 0.798. The molecule has 1 aromatic carbocycles. The van der Waals surface area contributed by atoms with Crippen molar-refractivity contribution in [1.29, 1.82) is 0 Å². The molecule has 4 nitrogen and oxygen atoms in total. The first-order valence-corrected chi connectivity index (χ1v) is 6.32. The highest BCUT2D eigenvalue weighted by Crippen LogP contribution is 2.18. The van der Waals surface area contributed by atoms with E-state index >= 15 is 0 Å². The van der Waals surface area contributed by atoms with E-state index in [1.165, 1.54) is 0 Å². The minimum atomic E-state index is -0.346. The number of rotatable bonds is 6. The number of benzene rings is 1. The van der Waals surface area contributed by atoms with E-state index in [9.17, 15) is 9.90 Å². The SMILES string of the molecule is CC(O)Cc1ccc(OCC(=O)NC2CC2)cc1. The topological polar surface area (TPSA) is 58.6 Å². The molecule has 1 aromatic rings. The Kier molecular flexibility index (Phi) is 4.20. The van der Waals surface area contributed by atoms with Crippen LogP contribution < -0.4 is 10.1 Å². The van der Waals surface area contributed by atoms with Gasteiger partial charge in [-0.3, -0.25) is 4.79 Å². The fraction of sp³-hybridized carbons (Fsp3) is 0.500. The molecule has 1 fully saturated rings. The Hall–Kier alpha value is -1.55. The first-order valence-electron chi connectivity index (χ1n) is 6.32. The molecule has 0 aliphatic heterocycles. The number of ether oxygens (including phenoxy) is 1. The van der Waals surface area contributed by atoms with E-state index in [0.29, 0.717) is 18.2 Å². The molecule has 0 spiro atoms. The molecule has 1 atom stereocenters. The molecule has 1 aliphatic rings. The van der Waals surface area contributed by atoms with Gasteiger partial charge in [-0.05, 0) is 43.9 Å². The van der Waals surface area contributed by atoms with E-state index < -0.39 is 0 Å². The number of aliphatic hydroxyl groups excluding tert-OH is 1. The summed E-state index contributed by atoms with van der Waals surface area (Å²) in [5.74, 6) is 0.612. The molecule has 1 amide bonds. The van der Waals surface area contributed by atoms with Gasteiger partial charge < -0.3 is 15.2 Å². The second-order valence-electron chi connectivity index (χ2n) is 4.83. The predicted octanol–water partition coefficient (Wildman–Crippen LogP) is 1.27. The maximum atomic E-state index is 11.4. The second kappa shape index (κ2) is 5.87. The average molecular weight is 249 g/mol. The van der Waals surface area contributed by atoms with Crippen molar-refractivity contribution in [2.24, 2.45) is 0 Å². The molecule has 2 rings (SSSR count). The number of nitrogens with one attached hydrogen (secondary N) is 1. The Bertz CT molecular complexity index is 396. The molecule has 0 heterocycles. The van der Waals surface area contributed by atoms with E-state index in [4.69, 9.17) is 4.74 Å². The van der Waals surface area contributed by atoms with Crippen LogP contribution in [0.25, 0.3) is 0 Å². The summed E-state index contributed by atoms with van der Waals surface area (Å²) in [5, 5.41) is 12.1. The number of hydrogen-bond acceptors (Lipinski definition) is 3. The molecule has 0 radical (unpaired) electrons. The van der Waals surface area contributed by atoms with E-state index in [1.807, 2.05) is 24.3 Å². The van der Waals surface area contributed by atoms with E-state index in [-0.39, 0.29) is 18.6 Å². The summed E-state index contributed by atoms with van der Waals surface area (Å²) < 4.78 is 5.38. The van der Waals surface area contributed by atoms with Gasteiger partial charge in [0.1, 0.15) is 5.75 Å². The smallest absolute Gasteiger partial charge is 0.258 e. The Balaban J connectivity index is 1.76. The molecule has 2 N–H and O–H groups in total. The maximum absolute atomic E-state index is 11.4. The Morgan fingerprint density at radius 2 is 2.11 bits per heavy atom. The van der Waals surface area contributed by atoms with Crippen molar-refractivity contribution < 1.29 is 14.6 Å². The third-order valence-corrected chi connectivity index (χ3v) is 2.77. The van der Waals surface area contributed by atoms with Gasteiger partial charge in [-0.1, -0.05) is 12.1 Å². The lowest BCUT2D eigenvalue weighted by Crippen LogP contribution is -2.30. The summed E-state index contributed by atoms with van der Waals surface area (Å²) in [6.45, 7) is 1.82. The number of aliphatic hydroxyl groups is 1. The third kappa shape index (κ3) is 4.37. The van der Waals surface area contributed by atoms with Gasteiger partial charge in [-0.25, -0.2) is 0 Å². The summed E-state index contributed by atoms with van der Waals surface area (Å²) in [6.07, 6.45) is 2.45. The highest BCUT2D eigenvalue weighted by atomic mass is 16.5. The number of hydrogen-bond donors (Lipinski definition) is 2. The molecule has 1 aliphatic carbocycles. The second-order valence-corrected chi connectivity index (χ2v) is 4.83. The van der Waals surface area contributed by atoms with Crippen molar-refractivity contribution in [2.75, 3.05) is 6.61 Å². The zero-order valence-corrected chi connectivity index (χ0v) is 10.6. The van der Waals surface area contributed by atoms with Crippen LogP contribution in [0.15, 0.2) is 24.3 Å². The first-order chi connectivity index (χ1) is 8.63. The molecule has 0 bridgehead atoms. The van der Waals surface area contributed by atoms with Crippen LogP contribution in [0.1, 0.15) is 25.3 Å². The lowest BCUT2D eigenvalue weighted by molar-refractivity contribution is -0.123. The molecule has 1 unspecified atom stereocenters. The highest BCUT2D eigenvalue weighted by molar-refractivity contribution is 5.78. The van der Waals surface area contributed by atoms with E-state index in [1.54, 1.807) is 6.92 Å². The first kappa shape index (κ1) is 12.9. The van der Waals surface area contributed by atoms with Gasteiger partial charge in [0.25, 0.3) is 5.91 Å². The van der Waals surface area contributed by atoms with Crippen molar-refractivity contribution >= 4 is 5.91 Å². The van der Waals surface area contributed by atoms with Gasteiger partial charge >= 0.3 is 0 Å². The van der Waals surface area contributed by atoms with Crippen LogP contribution in [0.3, 0.4) is 0 Å². The molecule has 98 valence electrons. The van der Waals surface area contributed by atoms with Gasteiger partial charge in [-0.15, -0.1) is 0 Å². The predicted molar refractivity (Wildman–Crippen MR) is 68.5 cm³/mol. The Morgan fingerprint density at radius 3 is 2.67 bits per heavy atom. The highest BCUT2D eigenvalue weighted by Gasteiger charge is 2.23. The summed E-state index contributed by atoms with van der Waals surface area (Å²) in [4.78, 5) is 11.4. The third-order valence-electron chi connectivity index (χ3n) is 2.77. The number of amides is 1. The van der Waals surface area contributed by atoms with Gasteiger partial charge in [0.15, 0.2) is 6.61 Å². The van der Waals surface area contributed by atoms with Crippen LogP contribution in [0.5, 0.6) is 5.75 Å². The summed E-state index contributed by atoms with van der Waals surface area (Å²) in [7, 11) is 0. The molecule has 0 aromatic heterocycles. The molecule has 4 heteroatoms. The largest absolute Gasteiger partial charge is 0.484 e. The fourth-order valence-corrected chi connectivity index (χ4v) is 1.71. The van der Waals surface area contributed by atoms with Crippen molar-refractivity contribution in [3.05, 3.63) is 29.8 Å². The van der Waals surface area contributed by atoms with Gasteiger partial charge in [-0.2, -0.15) is 0 Å². The summed E-state index contributed by atoms with van der Waals surface area (Å²) >= 11 is 0. The van der Waals surface area contributed by atoms with Crippen molar-refractivity contribution in [3.8, 4) is 5.75 Å². The van der Waals surface area contributed by atoms with Gasteiger partial charge in [0, 0.05) is 6.04 Å². The van der Waals surface area contributed by atoms with Crippen LogP contribution in [0, 0.1) is 0 Å². The minimum absolute atomic E-state index is 0.0618. The number of carbonyl (C=O) groups excluding carboxylic acids is 1. The van der Waals surface area contributed by atoms with Crippen LogP contribution in [0.2, 0.25) is 0 Å². The molecular weight excluding hydrogens is 230 g/mol. The zero-order valence-electron chi connectivity index (χ0n) is 10.6.